The Labute approximate surface area is 108 Å². The van der Waals surface area contributed by atoms with Crippen molar-refractivity contribution in [2.24, 2.45) is 0 Å². The monoisotopic (exact) mass is 265 g/mol. The summed E-state index contributed by atoms with van der Waals surface area (Å²) in [4.78, 5) is 21.5. The maximum atomic E-state index is 11.3. The Morgan fingerprint density at radius 2 is 2.37 bits per heavy atom. The number of nitrogens with one attached hydrogen (secondary N) is 1. The van der Waals surface area contributed by atoms with Crippen molar-refractivity contribution in [2.75, 3.05) is 19.0 Å². The maximum absolute atomic E-state index is 11.3. The minimum atomic E-state index is -1.14. The molecule has 1 rings (SSSR count). The summed E-state index contributed by atoms with van der Waals surface area (Å²) in [6.45, 7) is -0.597. The predicted octanol–water partition coefficient (Wildman–Crippen LogP) is 0.412. The highest BCUT2D eigenvalue weighted by Gasteiger charge is 2.24. The van der Waals surface area contributed by atoms with Crippen LogP contribution in [0.1, 0.15) is 5.56 Å². The summed E-state index contributed by atoms with van der Waals surface area (Å²) in [6, 6.07) is 4.61. The zero-order valence-corrected chi connectivity index (χ0v) is 9.99. The smallest absolute Gasteiger partial charge is 0.330 e. The van der Waals surface area contributed by atoms with Crippen LogP contribution in [-0.2, 0) is 9.53 Å². The van der Waals surface area contributed by atoms with Crippen LogP contribution in [0.15, 0.2) is 18.2 Å². The summed E-state index contributed by atoms with van der Waals surface area (Å²) in [5, 5.41) is 31.3. The van der Waals surface area contributed by atoms with Crippen molar-refractivity contribution in [1.82, 2.24) is 0 Å². The molecule has 0 aliphatic carbocycles. The van der Waals surface area contributed by atoms with Crippen molar-refractivity contribution in [3.8, 4) is 6.07 Å². The number of carbonyl (C=O) groups is 1. The van der Waals surface area contributed by atoms with Gasteiger partial charge in [0.25, 0.3) is 0 Å². The van der Waals surface area contributed by atoms with Gasteiger partial charge in [0.15, 0.2) is 0 Å². The molecule has 2 N–H and O–H groups in total. The molecule has 1 aromatic carbocycles. The van der Waals surface area contributed by atoms with E-state index in [0.717, 1.165) is 7.11 Å². The highest BCUT2D eigenvalue weighted by molar-refractivity contribution is 5.81. The van der Waals surface area contributed by atoms with Gasteiger partial charge in [0.2, 0.25) is 0 Å². The summed E-state index contributed by atoms with van der Waals surface area (Å²) < 4.78 is 4.44. The molecule has 0 aromatic heterocycles. The standard InChI is InChI=1S/C11H11N3O5/c1-19-11(16)9(6-15)13-8-4-2-3-7(5-12)10(8)14(17)18/h2-4,9,13,15H,6H2,1H3. The zero-order valence-electron chi connectivity index (χ0n) is 9.99. The van der Waals surface area contributed by atoms with E-state index in [2.05, 4.69) is 10.1 Å². The zero-order chi connectivity index (χ0) is 14.4. The number of rotatable bonds is 5. The molecule has 0 aliphatic heterocycles. The van der Waals surface area contributed by atoms with Gasteiger partial charge in [-0.25, -0.2) is 4.79 Å². The lowest BCUT2D eigenvalue weighted by Gasteiger charge is -2.15. The lowest BCUT2D eigenvalue weighted by atomic mass is 10.1. The van der Waals surface area contributed by atoms with Gasteiger partial charge in [-0.2, -0.15) is 5.26 Å². The third kappa shape index (κ3) is 3.17. The molecule has 0 saturated heterocycles. The van der Waals surface area contributed by atoms with Crippen molar-refractivity contribution in [1.29, 1.82) is 5.26 Å². The van der Waals surface area contributed by atoms with Crippen molar-refractivity contribution in [2.45, 2.75) is 6.04 Å². The molecular formula is C11H11N3O5. The van der Waals surface area contributed by atoms with Crippen molar-refractivity contribution < 1.29 is 19.6 Å². The number of aliphatic hydroxyl groups excluding tert-OH is 1. The highest BCUT2D eigenvalue weighted by Crippen LogP contribution is 2.28. The Morgan fingerprint density at radius 1 is 1.68 bits per heavy atom. The average molecular weight is 265 g/mol. The van der Waals surface area contributed by atoms with Crippen LogP contribution in [0.3, 0.4) is 0 Å². The van der Waals surface area contributed by atoms with Gasteiger partial charge >= 0.3 is 11.7 Å². The number of nitro benzene ring substituents is 1. The summed E-state index contributed by atoms with van der Waals surface area (Å²) >= 11 is 0. The molecule has 8 nitrogen and oxygen atoms in total. The van der Waals surface area contributed by atoms with E-state index in [4.69, 9.17) is 10.4 Å². The van der Waals surface area contributed by atoms with Crippen LogP contribution in [0, 0.1) is 21.4 Å². The number of aliphatic hydroxyl groups is 1. The molecule has 19 heavy (non-hydrogen) atoms. The summed E-state index contributed by atoms with van der Waals surface area (Å²) in [7, 11) is 1.13. The van der Waals surface area contributed by atoms with Crippen LogP contribution >= 0.6 is 0 Å². The fourth-order valence-corrected chi connectivity index (χ4v) is 1.46. The first-order valence-electron chi connectivity index (χ1n) is 5.17. The number of hydrogen-bond donors (Lipinski definition) is 2. The molecule has 0 heterocycles. The third-order valence-electron chi connectivity index (χ3n) is 2.34. The highest BCUT2D eigenvalue weighted by atomic mass is 16.6. The molecule has 0 bridgehead atoms. The summed E-state index contributed by atoms with van der Waals surface area (Å²) in [6.07, 6.45) is 0. The van der Waals surface area contributed by atoms with E-state index >= 15 is 0 Å². The predicted molar refractivity (Wildman–Crippen MR) is 64.3 cm³/mol. The van der Waals surface area contributed by atoms with Gasteiger partial charge in [0.1, 0.15) is 23.4 Å². The van der Waals surface area contributed by atoms with Crippen molar-refractivity contribution >= 4 is 17.3 Å². The quantitative estimate of drug-likeness (QED) is 0.448. The largest absolute Gasteiger partial charge is 0.467 e. The van der Waals surface area contributed by atoms with E-state index < -0.39 is 29.2 Å². The second-order valence-corrected chi connectivity index (χ2v) is 3.47. The number of ether oxygens (including phenoxy) is 1. The van der Waals surface area contributed by atoms with Crippen LogP contribution in [0.25, 0.3) is 0 Å². The number of esters is 1. The Morgan fingerprint density at radius 3 is 2.84 bits per heavy atom. The fraction of sp³-hybridized carbons (Fsp3) is 0.273. The second-order valence-electron chi connectivity index (χ2n) is 3.47. The third-order valence-corrected chi connectivity index (χ3v) is 2.34. The molecule has 0 fully saturated rings. The van der Waals surface area contributed by atoms with Gasteiger partial charge in [0, 0.05) is 0 Å². The SMILES string of the molecule is COC(=O)C(CO)Nc1cccc(C#N)c1[N+](=O)[O-]. The first-order chi connectivity index (χ1) is 9.04. The number of nitrogens with zero attached hydrogens (tertiary/aromatic N) is 2. The van der Waals surface area contributed by atoms with Gasteiger partial charge < -0.3 is 15.2 Å². The Balaban J connectivity index is 3.17. The van der Waals surface area contributed by atoms with E-state index in [1.807, 2.05) is 0 Å². The molecule has 0 radical (unpaired) electrons. The molecular weight excluding hydrogens is 254 g/mol. The van der Waals surface area contributed by atoms with Crippen LogP contribution < -0.4 is 5.32 Å². The molecule has 0 aliphatic rings. The number of anilines is 1. The van der Waals surface area contributed by atoms with Crippen molar-refractivity contribution in [3.63, 3.8) is 0 Å². The molecule has 0 spiro atoms. The van der Waals surface area contributed by atoms with E-state index in [1.165, 1.54) is 18.2 Å². The fourth-order valence-electron chi connectivity index (χ4n) is 1.46. The van der Waals surface area contributed by atoms with Crippen molar-refractivity contribution in [3.05, 3.63) is 33.9 Å². The first kappa shape index (κ1) is 14.4. The minimum Gasteiger partial charge on any atom is -0.467 e. The van der Waals surface area contributed by atoms with Crippen LogP contribution in [-0.4, -0.2) is 35.8 Å². The van der Waals surface area contributed by atoms with Crippen LogP contribution in [0.5, 0.6) is 0 Å². The van der Waals surface area contributed by atoms with E-state index in [1.54, 1.807) is 6.07 Å². The Kier molecular flexibility index (Phi) is 4.79. The van der Waals surface area contributed by atoms with Gasteiger partial charge in [-0.05, 0) is 12.1 Å². The number of carbonyl (C=O) groups excluding carboxylic acids is 1. The maximum Gasteiger partial charge on any atom is 0.330 e. The number of nitro groups is 1. The molecule has 1 atom stereocenters. The number of para-hydroxylation sites is 1. The van der Waals surface area contributed by atoms with Crippen LogP contribution in [0.2, 0.25) is 0 Å². The summed E-state index contributed by atoms with van der Waals surface area (Å²) in [5.74, 6) is -0.765. The van der Waals surface area contributed by atoms with E-state index in [0.29, 0.717) is 0 Å². The van der Waals surface area contributed by atoms with E-state index in [-0.39, 0.29) is 11.3 Å². The second kappa shape index (κ2) is 6.32. The van der Waals surface area contributed by atoms with E-state index in [9.17, 15) is 14.9 Å². The molecule has 8 heteroatoms. The van der Waals surface area contributed by atoms with Gasteiger partial charge in [-0.3, -0.25) is 10.1 Å². The lowest BCUT2D eigenvalue weighted by Crippen LogP contribution is -2.34. The average Bonchev–Trinajstić information content (AvgIpc) is 2.42. The van der Waals surface area contributed by atoms with Gasteiger partial charge in [0.05, 0.1) is 18.6 Å². The number of benzene rings is 1. The lowest BCUT2D eigenvalue weighted by molar-refractivity contribution is -0.384. The molecule has 1 unspecified atom stereocenters. The molecule has 0 amide bonds. The number of hydrogen-bond acceptors (Lipinski definition) is 7. The van der Waals surface area contributed by atoms with Gasteiger partial charge in [-0.15, -0.1) is 0 Å². The first-order valence-corrected chi connectivity index (χ1v) is 5.17. The Hall–Kier alpha value is -2.66. The molecule has 100 valence electrons. The Bertz CT molecular complexity index is 538. The minimum absolute atomic E-state index is 0.0338. The molecule has 1 aromatic rings. The normalized spacial score (nSPS) is 11.2. The van der Waals surface area contributed by atoms with Crippen LogP contribution in [0.4, 0.5) is 11.4 Å². The number of nitriles is 1. The summed E-state index contributed by atoms with van der Waals surface area (Å²) in [5.41, 5.74) is -0.627. The number of methoxy groups -OCH3 is 1. The molecule has 0 saturated carbocycles. The topological polar surface area (TPSA) is 125 Å². The van der Waals surface area contributed by atoms with Gasteiger partial charge in [-0.1, -0.05) is 6.07 Å².